The van der Waals surface area contributed by atoms with Crippen molar-refractivity contribution in [2.24, 2.45) is 11.8 Å². The largest absolute Gasteiger partial charge is 0.469 e. The molecule has 0 unspecified atom stereocenters. The predicted molar refractivity (Wildman–Crippen MR) is 69.5 cm³/mol. The Bertz CT molecular complexity index is 508. The molecule has 0 amide bonds. The van der Waals surface area contributed by atoms with Gasteiger partial charge in [-0.1, -0.05) is 30.3 Å². The lowest BCUT2D eigenvalue weighted by molar-refractivity contribution is -0.160. The van der Waals surface area contributed by atoms with Gasteiger partial charge in [0, 0.05) is 6.42 Å². The standard InChI is InChI=1S/C15H16O5/c1-19-14(17)11-7-8-12(16)13(11)15(18)20-9-10-5-3-2-4-6-10/h2-6,11,13H,7-9H2,1H3/t11-,13+/m1/s1. The molecule has 2 atom stereocenters. The number of benzene rings is 1. The van der Waals surface area contributed by atoms with E-state index in [4.69, 9.17) is 4.74 Å². The Kier molecular flexibility index (Phi) is 4.50. The van der Waals surface area contributed by atoms with Gasteiger partial charge < -0.3 is 9.47 Å². The van der Waals surface area contributed by atoms with Crippen LogP contribution in [-0.2, 0) is 30.5 Å². The van der Waals surface area contributed by atoms with Gasteiger partial charge in [0.05, 0.1) is 13.0 Å². The van der Waals surface area contributed by atoms with Crippen molar-refractivity contribution in [2.45, 2.75) is 19.4 Å². The smallest absolute Gasteiger partial charge is 0.317 e. The summed E-state index contributed by atoms with van der Waals surface area (Å²) in [4.78, 5) is 35.3. The third kappa shape index (κ3) is 3.04. The highest BCUT2D eigenvalue weighted by molar-refractivity contribution is 6.04. The Labute approximate surface area is 116 Å². The third-order valence-electron chi connectivity index (χ3n) is 3.43. The maximum atomic E-state index is 12.0. The molecule has 5 heteroatoms. The van der Waals surface area contributed by atoms with E-state index in [1.807, 2.05) is 30.3 Å². The minimum absolute atomic E-state index is 0.0946. The van der Waals surface area contributed by atoms with Gasteiger partial charge in [0.2, 0.25) is 0 Å². The van der Waals surface area contributed by atoms with Crippen LogP contribution in [0.2, 0.25) is 0 Å². The molecule has 0 heterocycles. The van der Waals surface area contributed by atoms with E-state index < -0.39 is 23.8 Å². The van der Waals surface area contributed by atoms with E-state index >= 15 is 0 Å². The molecule has 1 aliphatic carbocycles. The molecular formula is C15H16O5. The summed E-state index contributed by atoms with van der Waals surface area (Å²) in [6.07, 6.45) is 0.557. The molecule has 0 radical (unpaired) electrons. The monoisotopic (exact) mass is 276 g/mol. The van der Waals surface area contributed by atoms with Gasteiger partial charge in [-0.25, -0.2) is 0 Å². The number of hydrogen-bond donors (Lipinski definition) is 0. The number of hydrogen-bond acceptors (Lipinski definition) is 5. The van der Waals surface area contributed by atoms with Crippen molar-refractivity contribution in [3.05, 3.63) is 35.9 Å². The first-order valence-corrected chi connectivity index (χ1v) is 6.44. The lowest BCUT2D eigenvalue weighted by Gasteiger charge is -2.15. The van der Waals surface area contributed by atoms with Crippen molar-refractivity contribution in [1.82, 2.24) is 0 Å². The molecule has 1 aromatic rings. The number of methoxy groups -OCH3 is 1. The molecule has 1 aromatic carbocycles. The SMILES string of the molecule is COC(=O)[C@@H]1CCC(=O)[C@H]1C(=O)OCc1ccccc1. The van der Waals surface area contributed by atoms with Gasteiger partial charge >= 0.3 is 11.9 Å². The normalized spacial score (nSPS) is 21.6. The number of rotatable bonds is 4. The van der Waals surface area contributed by atoms with E-state index in [2.05, 4.69) is 4.74 Å². The van der Waals surface area contributed by atoms with Crippen LogP contribution < -0.4 is 0 Å². The minimum Gasteiger partial charge on any atom is -0.469 e. The molecule has 0 saturated heterocycles. The Balaban J connectivity index is 2.00. The zero-order chi connectivity index (χ0) is 14.5. The Hall–Kier alpha value is -2.17. The Morgan fingerprint density at radius 1 is 1.20 bits per heavy atom. The summed E-state index contributed by atoms with van der Waals surface area (Å²) in [6, 6.07) is 9.17. The van der Waals surface area contributed by atoms with Crippen molar-refractivity contribution in [3.63, 3.8) is 0 Å². The van der Waals surface area contributed by atoms with Crippen molar-refractivity contribution >= 4 is 17.7 Å². The highest BCUT2D eigenvalue weighted by Gasteiger charge is 2.45. The predicted octanol–water partition coefficient (Wildman–Crippen LogP) is 1.50. The number of Topliss-reactive ketones (excluding diaryl/α,β-unsaturated/α-hetero) is 1. The van der Waals surface area contributed by atoms with E-state index in [0.717, 1.165) is 5.56 Å². The van der Waals surface area contributed by atoms with Crippen LogP contribution in [0.15, 0.2) is 30.3 Å². The molecule has 5 nitrogen and oxygen atoms in total. The van der Waals surface area contributed by atoms with Crippen molar-refractivity contribution in [2.75, 3.05) is 7.11 Å². The van der Waals surface area contributed by atoms with Crippen molar-refractivity contribution in [3.8, 4) is 0 Å². The van der Waals surface area contributed by atoms with Gasteiger partial charge in [0.1, 0.15) is 18.3 Å². The van der Waals surface area contributed by atoms with Gasteiger partial charge in [0.15, 0.2) is 0 Å². The number of ketones is 1. The van der Waals surface area contributed by atoms with Crippen LogP contribution in [0.4, 0.5) is 0 Å². The van der Waals surface area contributed by atoms with E-state index in [1.165, 1.54) is 7.11 Å². The van der Waals surface area contributed by atoms with Crippen LogP contribution in [0.25, 0.3) is 0 Å². The summed E-state index contributed by atoms with van der Waals surface area (Å²) in [5.41, 5.74) is 0.834. The number of esters is 2. The summed E-state index contributed by atoms with van der Waals surface area (Å²) < 4.78 is 9.77. The molecule has 0 aromatic heterocycles. The first-order valence-electron chi connectivity index (χ1n) is 6.44. The Morgan fingerprint density at radius 3 is 2.55 bits per heavy atom. The van der Waals surface area contributed by atoms with Gasteiger partial charge in [-0.15, -0.1) is 0 Å². The molecule has 20 heavy (non-hydrogen) atoms. The number of carbonyl (C=O) groups is 3. The second-order valence-corrected chi connectivity index (χ2v) is 4.71. The molecule has 1 saturated carbocycles. The van der Waals surface area contributed by atoms with Gasteiger partial charge in [-0.2, -0.15) is 0 Å². The summed E-state index contributed by atoms with van der Waals surface area (Å²) >= 11 is 0. The van der Waals surface area contributed by atoms with E-state index in [-0.39, 0.29) is 18.8 Å². The first-order chi connectivity index (χ1) is 9.63. The molecule has 0 aliphatic heterocycles. The highest BCUT2D eigenvalue weighted by Crippen LogP contribution is 2.31. The van der Waals surface area contributed by atoms with Crippen LogP contribution in [-0.4, -0.2) is 24.8 Å². The lowest BCUT2D eigenvalue weighted by atomic mass is 9.96. The van der Waals surface area contributed by atoms with Crippen molar-refractivity contribution in [1.29, 1.82) is 0 Å². The third-order valence-corrected chi connectivity index (χ3v) is 3.43. The van der Waals surface area contributed by atoms with Crippen molar-refractivity contribution < 1.29 is 23.9 Å². The van der Waals surface area contributed by atoms with Gasteiger partial charge in [-0.3, -0.25) is 14.4 Å². The average Bonchev–Trinajstić information content (AvgIpc) is 2.87. The maximum Gasteiger partial charge on any atom is 0.317 e. The number of carbonyl (C=O) groups excluding carboxylic acids is 3. The van der Waals surface area contributed by atoms with Crippen LogP contribution >= 0.6 is 0 Å². The van der Waals surface area contributed by atoms with Crippen LogP contribution in [0.5, 0.6) is 0 Å². The molecule has 0 bridgehead atoms. The summed E-state index contributed by atoms with van der Waals surface area (Å²) in [5.74, 6) is -3.16. The van der Waals surface area contributed by atoms with Crippen LogP contribution in [0, 0.1) is 11.8 Å². The Morgan fingerprint density at radius 2 is 1.90 bits per heavy atom. The fourth-order valence-electron chi connectivity index (χ4n) is 2.36. The fourth-order valence-corrected chi connectivity index (χ4v) is 2.36. The second kappa shape index (κ2) is 6.32. The summed E-state index contributed by atoms with van der Waals surface area (Å²) in [7, 11) is 1.25. The van der Waals surface area contributed by atoms with Gasteiger partial charge in [-0.05, 0) is 12.0 Å². The minimum atomic E-state index is -1.02. The lowest BCUT2D eigenvalue weighted by Crippen LogP contribution is -2.31. The molecular weight excluding hydrogens is 260 g/mol. The quantitative estimate of drug-likeness (QED) is 0.615. The summed E-state index contributed by atoms with van der Waals surface area (Å²) in [6.45, 7) is 0.0946. The zero-order valence-corrected chi connectivity index (χ0v) is 11.2. The van der Waals surface area contributed by atoms with Crippen LogP contribution in [0.3, 0.4) is 0 Å². The molecule has 106 valence electrons. The van der Waals surface area contributed by atoms with E-state index in [1.54, 1.807) is 0 Å². The van der Waals surface area contributed by atoms with Crippen LogP contribution in [0.1, 0.15) is 18.4 Å². The van der Waals surface area contributed by atoms with E-state index in [9.17, 15) is 14.4 Å². The topological polar surface area (TPSA) is 69.7 Å². The maximum absolute atomic E-state index is 12.0. The molecule has 0 N–H and O–H groups in total. The first kappa shape index (κ1) is 14.2. The molecule has 0 spiro atoms. The fraction of sp³-hybridized carbons (Fsp3) is 0.400. The molecule has 2 rings (SSSR count). The summed E-state index contributed by atoms with van der Waals surface area (Å²) in [5, 5.41) is 0. The van der Waals surface area contributed by atoms with Gasteiger partial charge in [0.25, 0.3) is 0 Å². The number of ether oxygens (including phenoxy) is 2. The molecule has 1 fully saturated rings. The average molecular weight is 276 g/mol. The van der Waals surface area contributed by atoms with E-state index in [0.29, 0.717) is 6.42 Å². The zero-order valence-electron chi connectivity index (χ0n) is 11.2. The molecule has 1 aliphatic rings. The second-order valence-electron chi connectivity index (χ2n) is 4.71. The highest BCUT2D eigenvalue weighted by atomic mass is 16.5.